The van der Waals surface area contributed by atoms with E-state index in [0.717, 1.165) is 0 Å². The second-order valence-corrected chi connectivity index (χ2v) is 5.82. The van der Waals surface area contributed by atoms with Crippen molar-refractivity contribution in [2.24, 2.45) is 0 Å². The Morgan fingerprint density at radius 1 is 1.17 bits per heavy atom. The van der Waals surface area contributed by atoms with E-state index in [1.807, 2.05) is 0 Å². The predicted octanol–water partition coefficient (Wildman–Crippen LogP) is -0.0968. The highest BCUT2D eigenvalue weighted by Crippen LogP contribution is 2.25. The largest absolute Gasteiger partial charge is 0.471 e. The minimum absolute atomic E-state index is 0.123. The van der Waals surface area contributed by atoms with Gasteiger partial charge in [0.2, 0.25) is 11.8 Å². The number of carbonyl (C=O) groups is 3. The van der Waals surface area contributed by atoms with Gasteiger partial charge in [-0.15, -0.1) is 0 Å². The van der Waals surface area contributed by atoms with Crippen LogP contribution in [0.25, 0.3) is 0 Å². The molecule has 2 rings (SSSR count). The van der Waals surface area contributed by atoms with Gasteiger partial charge in [0.15, 0.2) is 0 Å². The third kappa shape index (κ3) is 4.16. The summed E-state index contributed by atoms with van der Waals surface area (Å²) in [6, 6.07) is -2.07. The normalized spacial score (nSPS) is 23.1. The third-order valence-corrected chi connectivity index (χ3v) is 4.11. The van der Waals surface area contributed by atoms with E-state index in [1.165, 1.54) is 11.8 Å². The molecule has 7 nitrogen and oxygen atoms in total. The van der Waals surface area contributed by atoms with Crippen molar-refractivity contribution < 1.29 is 32.3 Å². The summed E-state index contributed by atoms with van der Waals surface area (Å²) in [7, 11) is 0. The van der Waals surface area contributed by atoms with Gasteiger partial charge in [-0.05, 0) is 19.8 Å². The van der Waals surface area contributed by atoms with Gasteiger partial charge in [-0.3, -0.25) is 14.4 Å². The summed E-state index contributed by atoms with van der Waals surface area (Å²) in [4.78, 5) is 37.9. The van der Waals surface area contributed by atoms with Crippen LogP contribution in [0.1, 0.15) is 19.8 Å². The van der Waals surface area contributed by atoms with Crippen LogP contribution in [-0.2, 0) is 19.1 Å². The number of alkyl halides is 3. The first-order valence-corrected chi connectivity index (χ1v) is 7.76. The number of rotatable bonds is 3. The molecular formula is C14H20F3N3O4. The van der Waals surface area contributed by atoms with E-state index in [0.29, 0.717) is 37.6 Å². The Labute approximate surface area is 137 Å². The van der Waals surface area contributed by atoms with Crippen LogP contribution in [0.15, 0.2) is 0 Å². The molecule has 0 aromatic carbocycles. The van der Waals surface area contributed by atoms with E-state index in [1.54, 1.807) is 0 Å². The lowest BCUT2D eigenvalue weighted by atomic mass is 10.1. The number of carbonyl (C=O) groups excluding carboxylic acids is 3. The Morgan fingerprint density at radius 2 is 1.79 bits per heavy atom. The van der Waals surface area contributed by atoms with Crippen molar-refractivity contribution in [2.75, 3.05) is 32.8 Å². The Kier molecular flexibility index (Phi) is 5.68. The second kappa shape index (κ2) is 7.37. The first-order chi connectivity index (χ1) is 11.2. The molecule has 2 atom stereocenters. The molecule has 2 aliphatic rings. The maximum Gasteiger partial charge on any atom is 0.471 e. The minimum atomic E-state index is -5.02. The van der Waals surface area contributed by atoms with Gasteiger partial charge < -0.3 is 19.9 Å². The lowest BCUT2D eigenvalue weighted by Gasteiger charge is -2.30. The van der Waals surface area contributed by atoms with Gasteiger partial charge in [0.25, 0.3) is 0 Å². The molecule has 1 N–H and O–H groups in total. The molecule has 0 aliphatic carbocycles. The summed E-state index contributed by atoms with van der Waals surface area (Å²) in [6.45, 7) is 2.97. The van der Waals surface area contributed by atoms with Crippen LogP contribution in [0.5, 0.6) is 0 Å². The third-order valence-electron chi connectivity index (χ3n) is 4.11. The Bertz CT molecular complexity index is 506. The summed E-state index contributed by atoms with van der Waals surface area (Å²) in [5, 5.41) is 2.42. The first kappa shape index (κ1) is 18.5. The molecule has 2 aliphatic heterocycles. The number of morpholine rings is 1. The molecule has 2 fully saturated rings. The molecule has 1 unspecified atom stereocenters. The fraction of sp³-hybridized carbons (Fsp3) is 0.786. The molecule has 0 spiro atoms. The summed E-state index contributed by atoms with van der Waals surface area (Å²) < 4.78 is 42.9. The van der Waals surface area contributed by atoms with E-state index in [-0.39, 0.29) is 18.9 Å². The van der Waals surface area contributed by atoms with E-state index in [9.17, 15) is 27.6 Å². The van der Waals surface area contributed by atoms with Gasteiger partial charge in [0, 0.05) is 19.6 Å². The standard InChI is InChI=1S/C14H20F3N3O4/c1-9(12(22)19-5-7-24-8-6-19)18-11(21)10-3-2-4-20(10)13(23)14(15,16)17/h9-10H,2-8H2,1H3,(H,18,21)/t9-,10?/m1/s1. The molecule has 0 aromatic rings. The Morgan fingerprint density at radius 3 is 2.38 bits per heavy atom. The molecule has 2 saturated heterocycles. The summed E-state index contributed by atoms with van der Waals surface area (Å²) >= 11 is 0. The van der Waals surface area contributed by atoms with E-state index in [2.05, 4.69) is 5.32 Å². The van der Waals surface area contributed by atoms with Gasteiger partial charge in [0.1, 0.15) is 12.1 Å². The molecular weight excluding hydrogens is 331 g/mol. The first-order valence-electron chi connectivity index (χ1n) is 7.76. The maximum absolute atomic E-state index is 12.6. The molecule has 0 radical (unpaired) electrons. The number of nitrogens with one attached hydrogen (secondary N) is 1. The summed E-state index contributed by atoms with van der Waals surface area (Å²) in [5.74, 6) is -3.08. The average molecular weight is 351 g/mol. The zero-order chi connectivity index (χ0) is 17.9. The van der Waals surface area contributed by atoms with Crippen molar-refractivity contribution in [3.8, 4) is 0 Å². The number of amides is 3. The van der Waals surface area contributed by atoms with Gasteiger partial charge in [0.05, 0.1) is 13.2 Å². The molecule has 0 bridgehead atoms. The van der Waals surface area contributed by atoms with E-state index < -0.39 is 30.1 Å². The number of likely N-dealkylation sites (tertiary alicyclic amines) is 1. The van der Waals surface area contributed by atoms with Crippen molar-refractivity contribution >= 4 is 17.7 Å². The molecule has 10 heteroatoms. The van der Waals surface area contributed by atoms with Crippen LogP contribution < -0.4 is 5.32 Å². The molecule has 0 saturated carbocycles. The number of halogens is 3. The van der Waals surface area contributed by atoms with Crippen LogP contribution in [-0.4, -0.2) is 78.6 Å². The van der Waals surface area contributed by atoms with E-state index >= 15 is 0 Å². The van der Waals surface area contributed by atoms with Crippen molar-refractivity contribution in [2.45, 2.75) is 38.0 Å². The van der Waals surface area contributed by atoms with Crippen LogP contribution in [0.3, 0.4) is 0 Å². The smallest absolute Gasteiger partial charge is 0.378 e. The average Bonchev–Trinajstić information content (AvgIpc) is 3.02. The lowest BCUT2D eigenvalue weighted by Crippen LogP contribution is -2.55. The van der Waals surface area contributed by atoms with Crippen molar-refractivity contribution in [1.82, 2.24) is 15.1 Å². The van der Waals surface area contributed by atoms with E-state index in [4.69, 9.17) is 4.74 Å². The van der Waals surface area contributed by atoms with Gasteiger partial charge in [-0.25, -0.2) is 0 Å². The van der Waals surface area contributed by atoms with Gasteiger partial charge in [-0.2, -0.15) is 13.2 Å². The molecule has 2 heterocycles. The number of hydrogen-bond donors (Lipinski definition) is 1. The molecule has 24 heavy (non-hydrogen) atoms. The SMILES string of the molecule is C[C@@H](NC(=O)C1CCCN1C(=O)C(F)(F)F)C(=O)N1CCOCC1. The fourth-order valence-corrected chi connectivity index (χ4v) is 2.87. The van der Waals surface area contributed by atoms with Crippen LogP contribution in [0.2, 0.25) is 0 Å². The second-order valence-electron chi connectivity index (χ2n) is 5.82. The van der Waals surface area contributed by atoms with Crippen LogP contribution in [0, 0.1) is 0 Å². The van der Waals surface area contributed by atoms with Crippen molar-refractivity contribution in [3.05, 3.63) is 0 Å². The topological polar surface area (TPSA) is 79.0 Å². The van der Waals surface area contributed by atoms with Crippen LogP contribution in [0.4, 0.5) is 13.2 Å². The van der Waals surface area contributed by atoms with Gasteiger partial charge in [-0.1, -0.05) is 0 Å². The highest BCUT2D eigenvalue weighted by Gasteiger charge is 2.47. The monoisotopic (exact) mass is 351 g/mol. The highest BCUT2D eigenvalue weighted by molar-refractivity contribution is 5.93. The lowest BCUT2D eigenvalue weighted by molar-refractivity contribution is -0.186. The van der Waals surface area contributed by atoms with Crippen molar-refractivity contribution in [3.63, 3.8) is 0 Å². The number of ether oxygens (including phenoxy) is 1. The molecule has 0 aromatic heterocycles. The van der Waals surface area contributed by atoms with Crippen LogP contribution >= 0.6 is 0 Å². The van der Waals surface area contributed by atoms with Crippen molar-refractivity contribution in [1.29, 1.82) is 0 Å². The zero-order valence-corrected chi connectivity index (χ0v) is 13.3. The summed E-state index contributed by atoms with van der Waals surface area (Å²) in [5.41, 5.74) is 0. The minimum Gasteiger partial charge on any atom is -0.378 e. The number of nitrogens with zero attached hydrogens (tertiary/aromatic N) is 2. The number of hydrogen-bond acceptors (Lipinski definition) is 4. The predicted molar refractivity (Wildman–Crippen MR) is 75.8 cm³/mol. The highest BCUT2D eigenvalue weighted by atomic mass is 19.4. The maximum atomic E-state index is 12.6. The fourth-order valence-electron chi connectivity index (χ4n) is 2.87. The Balaban J connectivity index is 1.95. The van der Waals surface area contributed by atoms with Gasteiger partial charge >= 0.3 is 12.1 Å². The molecule has 136 valence electrons. The Hall–Kier alpha value is -1.84. The summed E-state index contributed by atoms with van der Waals surface area (Å²) in [6.07, 6.45) is -4.56. The zero-order valence-electron chi connectivity index (χ0n) is 13.3. The quantitative estimate of drug-likeness (QED) is 0.770. The molecule has 3 amide bonds.